The third kappa shape index (κ3) is 4.26. The molecule has 2 amide bonds. The van der Waals surface area contributed by atoms with Crippen LogP contribution in [-0.4, -0.2) is 41.7 Å². The van der Waals surface area contributed by atoms with Crippen molar-refractivity contribution >= 4 is 11.8 Å². The SMILES string of the molecule is CCC(=O)N[C@]1(C)C[C@H](C(=O)N2CCC3(c4ccc(C)c(OC(F)(F)F)c4)CC3C2)C1. The van der Waals surface area contributed by atoms with E-state index in [4.69, 9.17) is 0 Å². The van der Waals surface area contributed by atoms with Crippen LogP contribution in [0.25, 0.3) is 0 Å². The van der Waals surface area contributed by atoms with Crippen LogP contribution in [0.1, 0.15) is 57.1 Å². The highest BCUT2D eigenvalue weighted by Crippen LogP contribution is 2.60. The van der Waals surface area contributed by atoms with Crippen molar-refractivity contribution in [3.8, 4) is 5.75 Å². The van der Waals surface area contributed by atoms with Crippen LogP contribution < -0.4 is 10.1 Å². The lowest BCUT2D eigenvalue weighted by Gasteiger charge is -2.47. The molecule has 1 aliphatic heterocycles. The first-order valence-corrected chi connectivity index (χ1v) is 10.9. The topological polar surface area (TPSA) is 58.6 Å². The molecule has 0 radical (unpaired) electrons. The molecular weight excluding hydrogens is 409 g/mol. The van der Waals surface area contributed by atoms with E-state index in [9.17, 15) is 22.8 Å². The molecule has 1 saturated heterocycles. The predicted octanol–water partition coefficient (Wildman–Crippen LogP) is 4.08. The maximum atomic E-state index is 13.0. The Morgan fingerprint density at radius 2 is 1.97 bits per heavy atom. The van der Waals surface area contributed by atoms with Crippen LogP contribution in [0.5, 0.6) is 5.75 Å². The van der Waals surface area contributed by atoms with Gasteiger partial charge in [0.25, 0.3) is 0 Å². The Bertz CT molecular complexity index is 895. The highest BCUT2D eigenvalue weighted by Gasteiger charge is 2.59. The maximum Gasteiger partial charge on any atom is 0.573 e. The van der Waals surface area contributed by atoms with Gasteiger partial charge in [-0.3, -0.25) is 9.59 Å². The average Bonchev–Trinajstić information content (AvgIpc) is 3.40. The van der Waals surface area contributed by atoms with E-state index in [1.165, 1.54) is 6.07 Å². The number of carbonyl (C=O) groups is 2. The monoisotopic (exact) mass is 438 g/mol. The van der Waals surface area contributed by atoms with Crippen LogP contribution in [0.15, 0.2) is 18.2 Å². The van der Waals surface area contributed by atoms with Gasteiger partial charge in [-0.15, -0.1) is 13.2 Å². The smallest absolute Gasteiger partial charge is 0.406 e. The summed E-state index contributed by atoms with van der Waals surface area (Å²) in [4.78, 5) is 26.5. The number of nitrogens with one attached hydrogen (secondary N) is 1. The number of fused-ring (bicyclic) bond motifs is 1. The Balaban J connectivity index is 1.37. The second-order valence-corrected chi connectivity index (χ2v) is 9.69. The molecule has 1 N–H and O–H groups in total. The fourth-order valence-electron chi connectivity index (χ4n) is 5.45. The van der Waals surface area contributed by atoms with Gasteiger partial charge in [0.1, 0.15) is 5.75 Å². The molecule has 0 aromatic heterocycles. The molecule has 31 heavy (non-hydrogen) atoms. The third-order valence-electron chi connectivity index (χ3n) is 7.31. The van der Waals surface area contributed by atoms with Gasteiger partial charge in [0.15, 0.2) is 0 Å². The number of hydrogen-bond donors (Lipinski definition) is 1. The number of hydrogen-bond acceptors (Lipinski definition) is 3. The first-order chi connectivity index (χ1) is 14.4. The second kappa shape index (κ2) is 7.41. The van der Waals surface area contributed by atoms with Gasteiger partial charge in [-0.1, -0.05) is 19.1 Å². The van der Waals surface area contributed by atoms with Gasteiger partial charge in [-0.05, 0) is 62.6 Å². The highest BCUT2D eigenvalue weighted by molar-refractivity contribution is 5.82. The normalized spacial score (nSPS) is 32.0. The Kier molecular flexibility index (Phi) is 5.25. The highest BCUT2D eigenvalue weighted by atomic mass is 19.4. The number of rotatable bonds is 5. The molecule has 4 rings (SSSR count). The molecule has 0 bridgehead atoms. The maximum absolute atomic E-state index is 13.0. The molecule has 5 nitrogen and oxygen atoms in total. The minimum atomic E-state index is -4.71. The zero-order chi connectivity index (χ0) is 22.6. The quantitative estimate of drug-likeness (QED) is 0.754. The number of aryl methyl sites for hydroxylation is 1. The number of halogens is 3. The minimum absolute atomic E-state index is 0.00102. The molecule has 8 heteroatoms. The van der Waals surface area contributed by atoms with Gasteiger partial charge in [-0.2, -0.15) is 0 Å². The standard InChI is InChI=1S/C23H29F3N2O3/c1-4-19(29)27-21(3)10-15(11-21)20(30)28-8-7-22(12-17(22)13-28)16-6-5-14(2)18(9-16)31-23(24,25)26/h5-6,9,15,17H,4,7-8,10-13H2,1-3H3,(H,27,29)/t15-,17?,21+,22?. The zero-order valence-corrected chi connectivity index (χ0v) is 18.1. The van der Waals surface area contributed by atoms with Crippen molar-refractivity contribution in [2.45, 2.75) is 70.2 Å². The zero-order valence-electron chi connectivity index (χ0n) is 18.1. The molecular formula is C23H29F3N2O3. The molecule has 3 fully saturated rings. The lowest BCUT2D eigenvalue weighted by atomic mass is 9.68. The van der Waals surface area contributed by atoms with Crippen molar-refractivity contribution in [1.82, 2.24) is 10.2 Å². The number of benzene rings is 1. The summed E-state index contributed by atoms with van der Waals surface area (Å²) in [6.07, 6.45) is -1.36. The van der Waals surface area contributed by atoms with E-state index in [1.807, 2.05) is 24.8 Å². The van der Waals surface area contributed by atoms with Crippen LogP contribution in [0.3, 0.4) is 0 Å². The number of amides is 2. The van der Waals surface area contributed by atoms with E-state index in [2.05, 4.69) is 10.1 Å². The van der Waals surface area contributed by atoms with Crippen molar-refractivity contribution in [2.75, 3.05) is 13.1 Å². The Labute approximate surface area is 180 Å². The first-order valence-electron chi connectivity index (χ1n) is 10.9. The van der Waals surface area contributed by atoms with E-state index in [0.717, 1.165) is 18.4 Å². The van der Waals surface area contributed by atoms with E-state index < -0.39 is 6.36 Å². The summed E-state index contributed by atoms with van der Waals surface area (Å²) < 4.78 is 42.3. The first kappa shape index (κ1) is 22.0. The lowest BCUT2D eigenvalue weighted by molar-refractivity contribution is -0.274. The number of alkyl halides is 3. The van der Waals surface area contributed by atoms with E-state index in [1.54, 1.807) is 13.0 Å². The van der Waals surface area contributed by atoms with E-state index in [-0.39, 0.29) is 40.4 Å². The fourth-order valence-corrected chi connectivity index (χ4v) is 5.45. The van der Waals surface area contributed by atoms with E-state index >= 15 is 0 Å². The molecule has 170 valence electrons. The van der Waals surface area contributed by atoms with Crippen molar-refractivity contribution in [3.63, 3.8) is 0 Å². The van der Waals surface area contributed by atoms with Gasteiger partial charge in [-0.25, -0.2) is 0 Å². The van der Waals surface area contributed by atoms with Crippen molar-refractivity contribution in [2.24, 2.45) is 11.8 Å². The van der Waals surface area contributed by atoms with E-state index in [0.29, 0.717) is 37.9 Å². The summed E-state index contributed by atoms with van der Waals surface area (Å²) in [6, 6.07) is 5.09. The minimum Gasteiger partial charge on any atom is -0.406 e. The van der Waals surface area contributed by atoms with Crippen molar-refractivity contribution in [1.29, 1.82) is 0 Å². The Morgan fingerprint density at radius 1 is 1.26 bits per heavy atom. The molecule has 0 spiro atoms. The van der Waals surface area contributed by atoms with Crippen LogP contribution in [0.4, 0.5) is 13.2 Å². The average molecular weight is 438 g/mol. The van der Waals surface area contributed by atoms with Crippen molar-refractivity contribution < 1.29 is 27.5 Å². The summed E-state index contributed by atoms with van der Waals surface area (Å²) in [5.41, 5.74) is 0.860. The molecule has 1 aromatic carbocycles. The Morgan fingerprint density at radius 3 is 2.58 bits per heavy atom. The molecule has 3 aliphatic rings. The lowest BCUT2D eigenvalue weighted by Crippen LogP contribution is -2.59. The van der Waals surface area contributed by atoms with Crippen molar-refractivity contribution in [3.05, 3.63) is 29.3 Å². The molecule has 1 heterocycles. The van der Waals surface area contributed by atoms with Gasteiger partial charge >= 0.3 is 6.36 Å². The summed E-state index contributed by atoms with van der Waals surface area (Å²) in [6.45, 7) is 6.62. The fraction of sp³-hybridized carbons (Fsp3) is 0.652. The number of carbonyl (C=O) groups excluding carboxylic acids is 2. The summed E-state index contributed by atoms with van der Waals surface area (Å²) in [5, 5.41) is 3.00. The molecule has 1 aromatic rings. The van der Waals surface area contributed by atoms with Crippen LogP contribution in [-0.2, 0) is 15.0 Å². The summed E-state index contributed by atoms with van der Waals surface area (Å²) in [5.74, 6) is 0.179. The molecule has 2 atom stereocenters. The van der Waals surface area contributed by atoms with Gasteiger partial charge in [0.2, 0.25) is 11.8 Å². The third-order valence-corrected chi connectivity index (χ3v) is 7.31. The second-order valence-electron chi connectivity index (χ2n) is 9.69. The van der Waals surface area contributed by atoms with Gasteiger partial charge < -0.3 is 15.0 Å². The number of ether oxygens (including phenoxy) is 1. The molecule has 2 saturated carbocycles. The number of nitrogens with zero attached hydrogens (tertiary/aromatic N) is 1. The van der Waals surface area contributed by atoms with Crippen LogP contribution >= 0.6 is 0 Å². The van der Waals surface area contributed by atoms with Crippen LogP contribution in [0.2, 0.25) is 0 Å². The summed E-state index contributed by atoms with van der Waals surface area (Å²) in [7, 11) is 0. The summed E-state index contributed by atoms with van der Waals surface area (Å²) >= 11 is 0. The molecule has 2 unspecified atom stereocenters. The van der Waals surface area contributed by atoms with Gasteiger partial charge in [0, 0.05) is 36.4 Å². The van der Waals surface area contributed by atoms with Gasteiger partial charge in [0.05, 0.1) is 0 Å². The Hall–Kier alpha value is -2.25. The van der Waals surface area contributed by atoms with Crippen LogP contribution in [0, 0.1) is 18.8 Å². The number of likely N-dealkylation sites (tertiary alicyclic amines) is 1. The molecule has 2 aliphatic carbocycles. The number of piperidine rings is 1. The predicted molar refractivity (Wildman–Crippen MR) is 108 cm³/mol. The largest absolute Gasteiger partial charge is 0.573 e.